The lowest BCUT2D eigenvalue weighted by atomic mass is 10.1. The monoisotopic (exact) mass is 343 g/mol. The molecule has 1 saturated heterocycles. The van der Waals surface area contributed by atoms with E-state index in [1.807, 2.05) is 31.2 Å². The van der Waals surface area contributed by atoms with E-state index in [0.717, 1.165) is 18.7 Å². The van der Waals surface area contributed by atoms with Crippen LogP contribution in [0.2, 0.25) is 0 Å². The molecule has 4 N–H and O–H groups in total. The van der Waals surface area contributed by atoms with Crippen LogP contribution in [0.25, 0.3) is 0 Å². The van der Waals surface area contributed by atoms with Gasteiger partial charge >= 0.3 is 0 Å². The third kappa shape index (κ3) is 5.77. The molecule has 0 radical (unpaired) electrons. The molecule has 0 aliphatic carbocycles. The molecule has 25 heavy (non-hydrogen) atoms. The summed E-state index contributed by atoms with van der Waals surface area (Å²) in [6.45, 7) is 8.47. The van der Waals surface area contributed by atoms with Crippen LogP contribution in [0.5, 0.6) is 0 Å². The van der Waals surface area contributed by atoms with Crippen molar-refractivity contribution in [2.45, 2.75) is 13.0 Å². The van der Waals surface area contributed by atoms with Crippen LogP contribution in [0.4, 0.5) is 5.69 Å². The summed E-state index contributed by atoms with van der Waals surface area (Å²) < 4.78 is 10.9. The highest BCUT2D eigenvalue weighted by atomic mass is 16.5. The molecule has 0 saturated carbocycles. The van der Waals surface area contributed by atoms with Crippen LogP contribution in [0.15, 0.2) is 60.5 Å². The lowest BCUT2D eigenvalue weighted by Gasteiger charge is -2.24. The van der Waals surface area contributed by atoms with Gasteiger partial charge in [-0.25, -0.2) is 0 Å². The van der Waals surface area contributed by atoms with Crippen LogP contribution in [0.1, 0.15) is 18.6 Å². The second kappa shape index (κ2) is 9.66. The smallest absolute Gasteiger partial charge is 0.257 e. The first-order valence-electron chi connectivity index (χ1n) is 8.29. The SMILES string of the molecule is C=C(/C=C\C(=C/N)C(=O)Nc1ccc(C2CNCCO2)cc1)OCC. The van der Waals surface area contributed by atoms with E-state index in [9.17, 15) is 4.79 Å². The summed E-state index contributed by atoms with van der Waals surface area (Å²) >= 11 is 0. The number of nitrogens with two attached hydrogens (primary N) is 1. The first kappa shape index (κ1) is 18.8. The van der Waals surface area contributed by atoms with Gasteiger partial charge in [-0.15, -0.1) is 0 Å². The molecule has 134 valence electrons. The molecule has 0 spiro atoms. The van der Waals surface area contributed by atoms with E-state index in [2.05, 4.69) is 17.2 Å². The minimum Gasteiger partial charge on any atom is -0.495 e. The minimum atomic E-state index is -0.300. The Bertz CT molecular complexity index is 644. The van der Waals surface area contributed by atoms with Crippen molar-refractivity contribution in [3.8, 4) is 0 Å². The van der Waals surface area contributed by atoms with Crippen LogP contribution in [0.3, 0.4) is 0 Å². The van der Waals surface area contributed by atoms with Gasteiger partial charge in [0.05, 0.1) is 24.9 Å². The maximum absolute atomic E-state index is 12.3. The van der Waals surface area contributed by atoms with E-state index < -0.39 is 0 Å². The number of anilines is 1. The molecule has 2 rings (SSSR count). The predicted molar refractivity (Wildman–Crippen MR) is 98.8 cm³/mol. The largest absolute Gasteiger partial charge is 0.495 e. The highest BCUT2D eigenvalue weighted by Crippen LogP contribution is 2.21. The summed E-state index contributed by atoms with van der Waals surface area (Å²) in [7, 11) is 0. The molecule has 6 nitrogen and oxygen atoms in total. The van der Waals surface area contributed by atoms with Gasteiger partial charge in [0.2, 0.25) is 0 Å². The van der Waals surface area contributed by atoms with Crippen LogP contribution >= 0.6 is 0 Å². The van der Waals surface area contributed by atoms with Crippen LogP contribution in [-0.4, -0.2) is 32.2 Å². The Kier molecular flexibility index (Phi) is 7.25. The third-order valence-electron chi connectivity index (χ3n) is 3.69. The lowest BCUT2D eigenvalue weighted by molar-refractivity contribution is -0.112. The first-order valence-corrected chi connectivity index (χ1v) is 8.29. The Hall–Kier alpha value is -2.57. The highest BCUT2D eigenvalue weighted by Gasteiger charge is 2.15. The van der Waals surface area contributed by atoms with E-state index in [0.29, 0.717) is 30.2 Å². The topological polar surface area (TPSA) is 85.6 Å². The third-order valence-corrected chi connectivity index (χ3v) is 3.69. The van der Waals surface area contributed by atoms with Crippen molar-refractivity contribution in [3.05, 3.63) is 66.1 Å². The fraction of sp³-hybridized carbons (Fsp3) is 0.316. The number of benzene rings is 1. The Morgan fingerprint density at radius 1 is 1.44 bits per heavy atom. The number of hydrogen-bond acceptors (Lipinski definition) is 5. The summed E-state index contributed by atoms with van der Waals surface area (Å²) in [6, 6.07) is 7.60. The second-order valence-electron chi connectivity index (χ2n) is 5.49. The molecule has 1 fully saturated rings. The molecule has 1 heterocycles. The Balaban J connectivity index is 1.95. The van der Waals surface area contributed by atoms with Gasteiger partial charge in [-0.1, -0.05) is 18.7 Å². The fourth-order valence-electron chi connectivity index (χ4n) is 2.39. The molecule has 1 aromatic carbocycles. The maximum Gasteiger partial charge on any atom is 0.257 e. The van der Waals surface area contributed by atoms with Crippen molar-refractivity contribution in [2.24, 2.45) is 5.73 Å². The van der Waals surface area contributed by atoms with Crippen LogP contribution in [0, 0.1) is 0 Å². The maximum atomic E-state index is 12.3. The Morgan fingerprint density at radius 2 is 2.20 bits per heavy atom. The van der Waals surface area contributed by atoms with E-state index in [4.69, 9.17) is 15.2 Å². The van der Waals surface area contributed by atoms with Gasteiger partial charge in [0.15, 0.2) is 0 Å². The van der Waals surface area contributed by atoms with E-state index in [1.165, 1.54) is 6.20 Å². The number of carbonyl (C=O) groups is 1. The van der Waals surface area contributed by atoms with Gasteiger partial charge in [-0.05, 0) is 36.8 Å². The zero-order valence-electron chi connectivity index (χ0n) is 14.5. The number of allylic oxidation sites excluding steroid dienone is 1. The fourth-order valence-corrected chi connectivity index (χ4v) is 2.39. The van der Waals surface area contributed by atoms with Gasteiger partial charge in [0.1, 0.15) is 5.76 Å². The molecule has 1 aliphatic heterocycles. The first-order chi connectivity index (χ1) is 12.1. The highest BCUT2D eigenvalue weighted by molar-refractivity contribution is 6.05. The minimum absolute atomic E-state index is 0.0468. The predicted octanol–water partition coefficient (Wildman–Crippen LogP) is 2.24. The summed E-state index contributed by atoms with van der Waals surface area (Å²) in [5.41, 5.74) is 7.63. The van der Waals surface area contributed by atoms with Gasteiger partial charge < -0.3 is 25.8 Å². The quantitative estimate of drug-likeness (QED) is 0.402. The van der Waals surface area contributed by atoms with Gasteiger partial charge in [0.25, 0.3) is 5.91 Å². The Morgan fingerprint density at radius 3 is 2.80 bits per heavy atom. The molecule has 0 aromatic heterocycles. The van der Waals surface area contributed by atoms with E-state index in [1.54, 1.807) is 12.2 Å². The van der Waals surface area contributed by atoms with Crippen LogP contribution < -0.4 is 16.4 Å². The molecule has 1 aromatic rings. The van der Waals surface area contributed by atoms with Crippen molar-refractivity contribution in [1.82, 2.24) is 5.32 Å². The van der Waals surface area contributed by atoms with Crippen molar-refractivity contribution in [2.75, 3.05) is 31.6 Å². The number of ether oxygens (including phenoxy) is 2. The number of amides is 1. The number of rotatable bonds is 7. The average molecular weight is 343 g/mol. The summed E-state index contributed by atoms with van der Waals surface area (Å²) in [4.78, 5) is 12.3. The molecule has 1 unspecified atom stereocenters. The average Bonchev–Trinajstić information content (AvgIpc) is 2.64. The molecule has 1 atom stereocenters. The van der Waals surface area contributed by atoms with Crippen molar-refractivity contribution < 1.29 is 14.3 Å². The van der Waals surface area contributed by atoms with Gasteiger partial charge in [0, 0.05) is 25.0 Å². The van der Waals surface area contributed by atoms with E-state index >= 15 is 0 Å². The zero-order valence-corrected chi connectivity index (χ0v) is 14.5. The number of morpholine rings is 1. The molecule has 6 heteroatoms. The molecular weight excluding hydrogens is 318 g/mol. The second-order valence-corrected chi connectivity index (χ2v) is 5.49. The molecule has 0 bridgehead atoms. The van der Waals surface area contributed by atoms with Crippen molar-refractivity contribution in [1.29, 1.82) is 0 Å². The summed E-state index contributed by atoms with van der Waals surface area (Å²) in [6.07, 6.45) is 4.48. The molecule has 1 aliphatic rings. The Labute approximate surface area is 148 Å². The van der Waals surface area contributed by atoms with E-state index in [-0.39, 0.29) is 12.0 Å². The number of carbonyl (C=O) groups excluding carboxylic acids is 1. The standard InChI is InChI=1S/C19H25N3O3/c1-3-24-14(2)4-5-16(12-20)19(23)22-17-8-6-15(7-9-17)18-13-21-10-11-25-18/h4-9,12,18,21H,2-3,10-11,13,20H2,1H3,(H,22,23)/b5-4-,16-12+. The summed E-state index contributed by atoms with van der Waals surface area (Å²) in [5, 5.41) is 6.11. The number of hydrogen-bond donors (Lipinski definition) is 3. The normalized spacial score (nSPS) is 18.1. The summed E-state index contributed by atoms with van der Waals surface area (Å²) in [5.74, 6) is 0.173. The van der Waals surface area contributed by atoms with Crippen molar-refractivity contribution in [3.63, 3.8) is 0 Å². The lowest BCUT2D eigenvalue weighted by Crippen LogP contribution is -2.33. The number of nitrogens with one attached hydrogen (secondary N) is 2. The van der Waals surface area contributed by atoms with Gasteiger partial charge in [-0.3, -0.25) is 4.79 Å². The molecule has 1 amide bonds. The van der Waals surface area contributed by atoms with Gasteiger partial charge in [-0.2, -0.15) is 0 Å². The van der Waals surface area contributed by atoms with Crippen molar-refractivity contribution >= 4 is 11.6 Å². The molecular formula is C19H25N3O3. The zero-order chi connectivity index (χ0) is 18.1. The van der Waals surface area contributed by atoms with Crippen LogP contribution in [-0.2, 0) is 14.3 Å².